The van der Waals surface area contributed by atoms with Gasteiger partial charge in [0.1, 0.15) is 0 Å². The first kappa shape index (κ1) is 11.5. The van der Waals surface area contributed by atoms with Gasteiger partial charge in [-0.05, 0) is 36.4 Å². The average Bonchev–Trinajstić information content (AvgIpc) is 2.41. The maximum Gasteiger partial charge on any atom is 0.0992 e. The van der Waals surface area contributed by atoms with Crippen LogP contribution in [0, 0.1) is 22.7 Å². The van der Waals surface area contributed by atoms with Gasteiger partial charge >= 0.3 is 0 Å². The van der Waals surface area contributed by atoms with Gasteiger partial charge in [0.2, 0.25) is 0 Å². The fourth-order valence-electron chi connectivity index (χ4n) is 1.57. The van der Waals surface area contributed by atoms with E-state index < -0.39 is 0 Å². The molecule has 86 valence electrons. The lowest BCUT2D eigenvalue weighted by atomic mass is 10.1. The van der Waals surface area contributed by atoms with Gasteiger partial charge < -0.3 is 11.1 Å². The molecule has 18 heavy (non-hydrogen) atoms. The van der Waals surface area contributed by atoms with E-state index >= 15 is 0 Å². The SMILES string of the molecule is N#Cc1cccc(Nc2ccc(C#N)cc2N)c1. The van der Waals surface area contributed by atoms with Crippen molar-refractivity contribution in [3.63, 3.8) is 0 Å². The fourth-order valence-corrected chi connectivity index (χ4v) is 1.57. The minimum Gasteiger partial charge on any atom is -0.397 e. The van der Waals surface area contributed by atoms with E-state index in [4.69, 9.17) is 16.3 Å². The molecule has 2 aromatic rings. The lowest BCUT2D eigenvalue weighted by molar-refractivity contribution is 1.46. The van der Waals surface area contributed by atoms with Crippen molar-refractivity contribution in [3.8, 4) is 12.1 Å². The zero-order chi connectivity index (χ0) is 13.0. The molecule has 0 heterocycles. The number of nitrogens with two attached hydrogens (primary N) is 1. The molecule has 0 aliphatic heterocycles. The molecule has 0 aliphatic carbocycles. The first-order chi connectivity index (χ1) is 8.72. The van der Waals surface area contributed by atoms with Crippen LogP contribution in [0.5, 0.6) is 0 Å². The third kappa shape index (κ3) is 2.40. The summed E-state index contributed by atoms with van der Waals surface area (Å²) in [5, 5.41) is 20.7. The van der Waals surface area contributed by atoms with Crippen LogP contribution in [-0.2, 0) is 0 Å². The molecule has 4 heteroatoms. The van der Waals surface area contributed by atoms with E-state index in [2.05, 4.69) is 11.4 Å². The number of nitrogens with zero attached hydrogens (tertiary/aromatic N) is 2. The molecular weight excluding hydrogens is 224 g/mol. The number of nitrogens with one attached hydrogen (secondary N) is 1. The van der Waals surface area contributed by atoms with Crippen molar-refractivity contribution >= 4 is 17.1 Å². The summed E-state index contributed by atoms with van der Waals surface area (Å²) in [6.45, 7) is 0. The molecule has 0 aromatic heterocycles. The highest BCUT2D eigenvalue weighted by Gasteiger charge is 2.02. The van der Waals surface area contributed by atoms with Crippen LogP contribution in [0.15, 0.2) is 42.5 Å². The predicted molar refractivity (Wildman–Crippen MR) is 70.0 cm³/mol. The van der Waals surface area contributed by atoms with Gasteiger partial charge in [0, 0.05) is 5.69 Å². The Morgan fingerprint density at radius 2 is 1.67 bits per heavy atom. The number of nitriles is 2. The highest BCUT2D eigenvalue weighted by atomic mass is 14.9. The second-order valence-electron chi connectivity index (χ2n) is 3.73. The van der Waals surface area contributed by atoms with Crippen LogP contribution >= 0.6 is 0 Å². The molecule has 3 N–H and O–H groups in total. The quantitative estimate of drug-likeness (QED) is 0.782. The molecule has 0 unspecified atom stereocenters. The van der Waals surface area contributed by atoms with E-state index in [9.17, 15) is 0 Å². The van der Waals surface area contributed by atoms with Crippen molar-refractivity contribution in [1.82, 2.24) is 0 Å². The zero-order valence-corrected chi connectivity index (χ0v) is 9.51. The van der Waals surface area contributed by atoms with Crippen molar-refractivity contribution < 1.29 is 0 Å². The largest absolute Gasteiger partial charge is 0.397 e. The van der Waals surface area contributed by atoms with Crippen LogP contribution in [-0.4, -0.2) is 0 Å². The normalized spacial score (nSPS) is 9.22. The van der Waals surface area contributed by atoms with Gasteiger partial charge in [-0.25, -0.2) is 0 Å². The minimum absolute atomic E-state index is 0.497. The summed E-state index contributed by atoms with van der Waals surface area (Å²) in [7, 11) is 0. The standard InChI is InChI=1S/C14H10N4/c15-8-10-2-1-3-12(6-10)18-14-5-4-11(9-16)7-13(14)17/h1-7,18H,17H2. The molecule has 0 saturated heterocycles. The Kier molecular flexibility index (Phi) is 3.13. The van der Waals surface area contributed by atoms with Gasteiger partial charge in [-0.1, -0.05) is 6.07 Å². The number of hydrogen-bond acceptors (Lipinski definition) is 4. The van der Waals surface area contributed by atoms with E-state index in [1.54, 1.807) is 36.4 Å². The van der Waals surface area contributed by atoms with E-state index in [0.29, 0.717) is 22.5 Å². The lowest BCUT2D eigenvalue weighted by Crippen LogP contribution is -1.97. The smallest absolute Gasteiger partial charge is 0.0992 e. The topological polar surface area (TPSA) is 85.6 Å². The summed E-state index contributed by atoms with van der Waals surface area (Å²) >= 11 is 0. The van der Waals surface area contributed by atoms with Gasteiger partial charge in [-0.3, -0.25) is 0 Å². The van der Waals surface area contributed by atoms with Crippen molar-refractivity contribution in [2.75, 3.05) is 11.1 Å². The molecule has 0 amide bonds. The highest BCUT2D eigenvalue weighted by Crippen LogP contribution is 2.24. The highest BCUT2D eigenvalue weighted by molar-refractivity contribution is 5.74. The average molecular weight is 234 g/mol. The Morgan fingerprint density at radius 1 is 0.944 bits per heavy atom. The molecule has 4 nitrogen and oxygen atoms in total. The second kappa shape index (κ2) is 4.90. The summed E-state index contributed by atoms with van der Waals surface area (Å²) in [4.78, 5) is 0. The van der Waals surface area contributed by atoms with Gasteiger partial charge in [0.15, 0.2) is 0 Å². The first-order valence-corrected chi connectivity index (χ1v) is 5.30. The number of benzene rings is 2. The molecule has 0 fully saturated rings. The third-order valence-corrected chi connectivity index (χ3v) is 2.45. The van der Waals surface area contributed by atoms with E-state index in [0.717, 1.165) is 5.69 Å². The third-order valence-electron chi connectivity index (χ3n) is 2.45. The molecule has 2 rings (SSSR count). The monoisotopic (exact) mass is 234 g/mol. The van der Waals surface area contributed by atoms with Crippen LogP contribution in [0.2, 0.25) is 0 Å². The Hall–Kier alpha value is -2.98. The van der Waals surface area contributed by atoms with E-state index in [-0.39, 0.29) is 0 Å². The number of rotatable bonds is 2. The van der Waals surface area contributed by atoms with Crippen LogP contribution in [0.25, 0.3) is 0 Å². The maximum atomic E-state index is 8.81. The molecular formula is C14H10N4. The molecule has 0 spiro atoms. The van der Waals surface area contributed by atoms with Crippen molar-refractivity contribution in [2.24, 2.45) is 0 Å². The molecule has 0 bridgehead atoms. The Balaban J connectivity index is 2.29. The molecule has 0 atom stereocenters. The predicted octanol–water partition coefficient (Wildman–Crippen LogP) is 2.76. The lowest BCUT2D eigenvalue weighted by Gasteiger charge is -2.09. The van der Waals surface area contributed by atoms with Crippen LogP contribution in [0.4, 0.5) is 17.1 Å². The summed E-state index contributed by atoms with van der Waals surface area (Å²) in [6, 6.07) is 16.2. The molecule has 2 aromatic carbocycles. The van der Waals surface area contributed by atoms with Crippen molar-refractivity contribution in [1.29, 1.82) is 10.5 Å². The summed E-state index contributed by atoms with van der Waals surface area (Å²) in [5.74, 6) is 0. The van der Waals surface area contributed by atoms with Crippen LogP contribution in [0.1, 0.15) is 11.1 Å². The number of anilines is 3. The Bertz CT molecular complexity index is 662. The Labute approximate surface area is 105 Å². The van der Waals surface area contributed by atoms with E-state index in [1.807, 2.05) is 12.1 Å². The molecule has 0 radical (unpaired) electrons. The minimum atomic E-state index is 0.497. The van der Waals surface area contributed by atoms with Gasteiger partial charge in [0.05, 0.1) is 34.6 Å². The van der Waals surface area contributed by atoms with Crippen molar-refractivity contribution in [3.05, 3.63) is 53.6 Å². The zero-order valence-electron chi connectivity index (χ0n) is 9.51. The first-order valence-electron chi connectivity index (χ1n) is 5.30. The Morgan fingerprint density at radius 3 is 2.33 bits per heavy atom. The fraction of sp³-hybridized carbons (Fsp3) is 0. The van der Waals surface area contributed by atoms with E-state index in [1.165, 1.54) is 0 Å². The summed E-state index contributed by atoms with van der Waals surface area (Å²) in [5.41, 5.74) is 8.92. The number of hydrogen-bond donors (Lipinski definition) is 2. The number of nitrogen functional groups attached to an aromatic ring is 1. The second-order valence-corrected chi connectivity index (χ2v) is 3.73. The maximum absolute atomic E-state index is 8.81. The molecule has 0 saturated carbocycles. The summed E-state index contributed by atoms with van der Waals surface area (Å²) < 4.78 is 0. The van der Waals surface area contributed by atoms with Gasteiger partial charge in [0.25, 0.3) is 0 Å². The van der Waals surface area contributed by atoms with Crippen molar-refractivity contribution in [2.45, 2.75) is 0 Å². The summed E-state index contributed by atoms with van der Waals surface area (Å²) in [6.07, 6.45) is 0. The van der Waals surface area contributed by atoms with Gasteiger partial charge in [-0.2, -0.15) is 10.5 Å². The van der Waals surface area contributed by atoms with Crippen LogP contribution < -0.4 is 11.1 Å². The van der Waals surface area contributed by atoms with Gasteiger partial charge in [-0.15, -0.1) is 0 Å². The molecule has 0 aliphatic rings. The van der Waals surface area contributed by atoms with Crippen LogP contribution in [0.3, 0.4) is 0 Å².